The summed E-state index contributed by atoms with van der Waals surface area (Å²) in [5.74, 6) is 0.0467. The molecule has 0 aromatic rings. The topological polar surface area (TPSA) is 93.2 Å². The smallest absolute Gasteiger partial charge is 0.333 e. The number of ketones is 2. The van der Waals surface area contributed by atoms with Crippen LogP contribution in [-0.2, 0) is 23.9 Å². The van der Waals surface area contributed by atoms with Gasteiger partial charge in [-0.15, -0.1) is 0 Å². The molecule has 184 valence electrons. The van der Waals surface area contributed by atoms with Crippen LogP contribution in [0.4, 0.5) is 0 Å². The molecule has 0 aromatic carbocycles. The quantitative estimate of drug-likeness (QED) is 0.492. The van der Waals surface area contributed by atoms with E-state index in [4.69, 9.17) is 9.47 Å². The number of epoxide rings is 1. The summed E-state index contributed by atoms with van der Waals surface area (Å²) in [5.41, 5.74) is -1.00. The maximum atomic E-state index is 14.0. The molecule has 0 aromatic heterocycles. The molecule has 6 heteroatoms. The van der Waals surface area contributed by atoms with E-state index in [0.29, 0.717) is 18.4 Å². The predicted molar refractivity (Wildman–Crippen MR) is 123 cm³/mol. The Morgan fingerprint density at radius 2 is 1.82 bits per heavy atom. The lowest BCUT2D eigenvalue weighted by Gasteiger charge is -2.59. The lowest BCUT2D eigenvalue weighted by molar-refractivity contribution is -0.184. The van der Waals surface area contributed by atoms with Crippen LogP contribution in [-0.4, -0.2) is 46.6 Å². The minimum Gasteiger partial charge on any atom is -0.458 e. The lowest BCUT2D eigenvalue weighted by Crippen LogP contribution is -2.68. The summed E-state index contributed by atoms with van der Waals surface area (Å²) in [6.07, 6.45) is 5.93. The maximum absolute atomic E-state index is 14.0. The molecule has 4 aliphatic carbocycles. The van der Waals surface area contributed by atoms with Crippen molar-refractivity contribution in [2.45, 2.75) is 90.6 Å². The number of rotatable bonds is 2. The average molecular weight is 469 g/mol. The summed E-state index contributed by atoms with van der Waals surface area (Å²) in [4.78, 5) is 39.7. The Morgan fingerprint density at radius 3 is 2.53 bits per heavy atom. The van der Waals surface area contributed by atoms with Crippen molar-refractivity contribution in [3.05, 3.63) is 23.3 Å². The molecule has 4 fully saturated rings. The monoisotopic (exact) mass is 468 g/mol. The van der Waals surface area contributed by atoms with Gasteiger partial charge in [0.15, 0.2) is 5.78 Å². The molecule has 34 heavy (non-hydrogen) atoms. The summed E-state index contributed by atoms with van der Waals surface area (Å²) in [7, 11) is 0. The standard InChI is InChI=1S/C28H36O6/c1-13-11-19(33-25(31)14(13)2)15(3)16-8-9-17-22-18(12-21(30)26(16,17)4)27(5)20(29)7-6-10-28(27,32)24-23(22)34-24/h6-7,15-19,22-24,32H,8-12H2,1-5H3/t15-,16+,17-,18-,19+,22+,23-,24-,26+,27-,28-/m0/s1. The van der Waals surface area contributed by atoms with Gasteiger partial charge in [0.05, 0.1) is 11.5 Å². The molecule has 6 aliphatic rings. The van der Waals surface area contributed by atoms with Crippen LogP contribution in [0.3, 0.4) is 0 Å². The summed E-state index contributed by atoms with van der Waals surface area (Å²) < 4.78 is 12.0. The molecule has 2 aliphatic heterocycles. The Labute approximate surface area is 201 Å². The van der Waals surface area contributed by atoms with Crippen molar-refractivity contribution < 1.29 is 29.0 Å². The summed E-state index contributed by atoms with van der Waals surface area (Å²) >= 11 is 0. The lowest BCUT2D eigenvalue weighted by atomic mass is 9.43. The fraction of sp³-hybridized carbons (Fsp3) is 0.750. The highest BCUT2D eigenvalue weighted by atomic mass is 16.6. The third kappa shape index (κ3) is 2.52. The number of allylic oxidation sites excluding steroid dienone is 1. The van der Waals surface area contributed by atoms with Gasteiger partial charge in [0, 0.05) is 23.8 Å². The van der Waals surface area contributed by atoms with Gasteiger partial charge in [-0.3, -0.25) is 9.59 Å². The molecule has 11 atom stereocenters. The van der Waals surface area contributed by atoms with Gasteiger partial charge in [0.1, 0.15) is 23.6 Å². The zero-order chi connectivity index (χ0) is 24.4. The predicted octanol–water partition coefficient (Wildman–Crippen LogP) is 3.56. The zero-order valence-electron chi connectivity index (χ0n) is 20.8. The van der Waals surface area contributed by atoms with E-state index in [1.807, 2.05) is 20.8 Å². The second-order valence-electron chi connectivity index (χ2n) is 12.4. The van der Waals surface area contributed by atoms with Crippen molar-refractivity contribution in [2.24, 2.45) is 40.4 Å². The Hall–Kier alpha value is -1.79. The SMILES string of the molecule is CC1=C(C)C(=O)O[C@@H]([C@@H](C)[C@H]2CC[C@H]3[C@H]4[C@@H]5O[C@@H]5[C@@]5(O)CC=CC(=O)[C@]5(C)[C@H]4CC(=O)[C@]23C)C1. The summed E-state index contributed by atoms with van der Waals surface area (Å²) in [6, 6.07) is 0. The van der Waals surface area contributed by atoms with Crippen LogP contribution in [0.5, 0.6) is 0 Å². The number of hydrogen-bond donors (Lipinski definition) is 1. The van der Waals surface area contributed by atoms with E-state index in [9.17, 15) is 19.5 Å². The average Bonchev–Trinajstić information content (AvgIpc) is 3.51. The first-order chi connectivity index (χ1) is 16.0. The Bertz CT molecular complexity index is 1060. The fourth-order valence-corrected chi connectivity index (χ4v) is 9.04. The number of Topliss-reactive ketones (excluding diaryl/α,β-unsaturated/α-hetero) is 1. The molecular weight excluding hydrogens is 432 g/mol. The first-order valence-corrected chi connectivity index (χ1v) is 13.0. The van der Waals surface area contributed by atoms with Gasteiger partial charge < -0.3 is 14.6 Å². The van der Waals surface area contributed by atoms with Crippen LogP contribution < -0.4 is 0 Å². The van der Waals surface area contributed by atoms with Gasteiger partial charge >= 0.3 is 5.97 Å². The third-order valence-corrected chi connectivity index (χ3v) is 11.4. The zero-order valence-corrected chi connectivity index (χ0v) is 20.8. The molecule has 0 radical (unpaired) electrons. The van der Waals surface area contributed by atoms with Gasteiger partial charge in [-0.25, -0.2) is 4.79 Å². The number of cyclic esters (lactones) is 1. The Kier molecular flexibility index (Phi) is 4.60. The van der Waals surface area contributed by atoms with E-state index >= 15 is 0 Å². The second kappa shape index (κ2) is 6.91. The van der Waals surface area contributed by atoms with Gasteiger partial charge in [-0.05, 0) is 75.7 Å². The highest BCUT2D eigenvalue weighted by Crippen LogP contribution is 2.71. The number of carbonyl (C=O) groups excluding carboxylic acids is 3. The molecule has 0 amide bonds. The Morgan fingerprint density at radius 1 is 1.09 bits per heavy atom. The molecule has 6 nitrogen and oxygen atoms in total. The van der Waals surface area contributed by atoms with Gasteiger partial charge in [0.25, 0.3) is 0 Å². The molecule has 1 N–H and O–H groups in total. The van der Waals surface area contributed by atoms with E-state index in [1.54, 1.807) is 12.2 Å². The number of carbonyl (C=O) groups is 3. The number of fused-ring (bicyclic) bond motifs is 8. The molecule has 0 spiro atoms. The van der Waals surface area contributed by atoms with E-state index in [-0.39, 0.29) is 65.4 Å². The van der Waals surface area contributed by atoms with E-state index in [2.05, 4.69) is 13.8 Å². The molecular formula is C28H36O6. The maximum Gasteiger partial charge on any atom is 0.333 e. The van der Waals surface area contributed by atoms with Crippen molar-refractivity contribution in [3.63, 3.8) is 0 Å². The van der Waals surface area contributed by atoms with Crippen LogP contribution in [0.2, 0.25) is 0 Å². The highest BCUT2D eigenvalue weighted by molar-refractivity contribution is 5.98. The van der Waals surface area contributed by atoms with Crippen molar-refractivity contribution in [1.29, 1.82) is 0 Å². The van der Waals surface area contributed by atoms with Crippen molar-refractivity contribution in [2.75, 3.05) is 0 Å². The van der Waals surface area contributed by atoms with Gasteiger partial charge in [0.2, 0.25) is 0 Å². The number of hydrogen-bond acceptors (Lipinski definition) is 6. The molecule has 3 saturated carbocycles. The largest absolute Gasteiger partial charge is 0.458 e. The van der Waals surface area contributed by atoms with Crippen LogP contribution in [0, 0.1) is 40.4 Å². The van der Waals surface area contributed by atoms with E-state index in [0.717, 1.165) is 24.8 Å². The number of aliphatic hydroxyl groups is 1. The third-order valence-electron chi connectivity index (χ3n) is 11.4. The highest BCUT2D eigenvalue weighted by Gasteiger charge is 2.78. The van der Waals surface area contributed by atoms with Crippen molar-refractivity contribution in [3.8, 4) is 0 Å². The molecule has 6 rings (SSSR count). The summed E-state index contributed by atoms with van der Waals surface area (Å²) in [5, 5.41) is 11.7. The van der Waals surface area contributed by atoms with E-state index < -0.39 is 16.4 Å². The van der Waals surface area contributed by atoms with Crippen LogP contribution in [0.25, 0.3) is 0 Å². The van der Waals surface area contributed by atoms with Crippen LogP contribution in [0.15, 0.2) is 23.3 Å². The molecule has 1 saturated heterocycles. The van der Waals surface area contributed by atoms with Crippen LogP contribution >= 0.6 is 0 Å². The first-order valence-electron chi connectivity index (χ1n) is 13.0. The van der Waals surface area contributed by atoms with Crippen molar-refractivity contribution in [1.82, 2.24) is 0 Å². The van der Waals surface area contributed by atoms with Gasteiger partial charge in [-0.2, -0.15) is 0 Å². The normalized spacial score (nSPS) is 52.4. The molecule has 0 unspecified atom stereocenters. The first kappa shape index (κ1) is 22.7. The molecule has 2 heterocycles. The number of esters is 1. The molecule has 0 bridgehead atoms. The minimum absolute atomic E-state index is 0.0637. The van der Waals surface area contributed by atoms with Crippen LogP contribution in [0.1, 0.15) is 66.7 Å². The number of ether oxygens (including phenoxy) is 2. The van der Waals surface area contributed by atoms with E-state index in [1.165, 1.54) is 0 Å². The van der Waals surface area contributed by atoms with Crippen molar-refractivity contribution >= 4 is 17.5 Å². The fourth-order valence-electron chi connectivity index (χ4n) is 9.04. The minimum atomic E-state index is -1.23. The van der Waals surface area contributed by atoms with Gasteiger partial charge in [-0.1, -0.05) is 25.5 Å². The summed E-state index contributed by atoms with van der Waals surface area (Å²) in [6.45, 7) is 9.94. The second-order valence-corrected chi connectivity index (χ2v) is 12.4. The Balaban J connectivity index is 1.34.